The molecule has 0 aromatic heterocycles. The fourth-order valence-corrected chi connectivity index (χ4v) is 9.36. The normalized spacial score (nSPS) is 19.6. The summed E-state index contributed by atoms with van der Waals surface area (Å²) in [5.74, 6) is -1.28. The molecule has 0 radical (unpaired) electrons. The summed E-state index contributed by atoms with van der Waals surface area (Å²) in [7, 11) is 0. The third-order valence-electron chi connectivity index (χ3n) is 14.4. The third kappa shape index (κ3) is 41.6. The van der Waals surface area contributed by atoms with Crippen LogP contribution >= 0.6 is 0 Å². The van der Waals surface area contributed by atoms with Crippen molar-refractivity contribution in [3.05, 3.63) is 97.2 Å². The molecule has 0 spiro atoms. The van der Waals surface area contributed by atoms with Gasteiger partial charge in [0.05, 0.1) is 25.4 Å². The second kappa shape index (κ2) is 54.2. The number of unbranched alkanes of at least 4 members (excludes halogenated alkanes) is 28. The summed E-state index contributed by atoms with van der Waals surface area (Å²) in [6.07, 6.45) is 61.9. The number of aliphatic hydroxyl groups excluding tert-OH is 5. The summed E-state index contributed by atoms with van der Waals surface area (Å²) < 4.78 is 17.6. The van der Waals surface area contributed by atoms with Gasteiger partial charge < -0.3 is 45.1 Å². The van der Waals surface area contributed by atoms with Gasteiger partial charge in [-0.2, -0.15) is 0 Å². The van der Waals surface area contributed by atoms with E-state index < -0.39 is 67.4 Å². The number of carbonyl (C=O) groups excluding carboxylic acids is 2. The van der Waals surface area contributed by atoms with Gasteiger partial charge in [0.1, 0.15) is 24.4 Å². The van der Waals surface area contributed by atoms with Crippen molar-refractivity contribution in [2.75, 3.05) is 13.2 Å². The maximum atomic E-state index is 13.3. The number of hydrogen-bond acceptors (Lipinski definition) is 10. The van der Waals surface area contributed by atoms with E-state index in [9.17, 15) is 35.1 Å². The topological polar surface area (TPSA) is 175 Å². The summed E-state index contributed by atoms with van der Waals surface area (Å²) in [6.45, 7) is 5.56. The van der Waals surface area contributed by atoms with Crippen molar-refractivity contribution >= 4 is 11.9 Å². The van der Waals surface area contributed by atoms with Gasteiger partial charge in [-0.1, -0.05) is 272 Å². The first-order valence-electron chi connectivity index (χ1n) is 31.6. The van der Waals surface area contributed by atoms with Crippen molar-refractivity contribution in [2.45, 2.75) is 301 Å². The summed E-state index contributed by atoms with van der Waals surface area (Å²) in [4.78, 5) is 26.5. The van der Waals surface area contributed by atoms with Crippen molar-refractivity contribution in [3.63, 3.8) is 0 Å². The molecule has 0 saturated carbocycles. The third-order valence-corrected chi connectivity index (χ3v) is 14.4. The number of ether oxygens (including phenoxy) is 3. The van der Waals surface area contributed by atoms with Gasteiger partial charge in [0.2, 0.25) is 5.91 Å². The number of carbonyl (C=O) groups is 2. The highest BCUT2D eigenvalue weighted by atomic mass is 16.7. The van der Waals surface area contributed by atoms with Crippen LogP contribution in [-0.4, -0.2) is 99.6 Å². The maximum Gasteiger partial charge on any atom is 0.306 e. The van der Waals surface area contributed by atoms with E-state index in [-0.39, 0.29) is 19.4 Å². The molecule has 11 heteroatoms. The first kappa shape index (κ1) is 72.6. The number of amides is 1. The lowest BCUT2D eigenvalue weighted by Gasteiger charge is -2.41. The van der Waals surface area contributed by atoms with Gasteiger partial charge in [0.15, 0.2) is 12.4 Å². The average molecular weight is 1090 g/mol. The Morgan fingerprint density at radius 1 is 0.526 bits per heavy atom. The van der Waals surface area contributed by atoms with Gasteiger partial charge in [-0.25, -0.2) is 0 Å². The standard InChI is InChI=1S/C67H115NO10/c1-4-7-10-13-16-19-22-25-26-27-28-29-30-31-32-33-34-35-36-37-40-43-46-49-52-55-62(72)78-65-64(74)63(73)61(56-69)77-67(65)76-57-58(59(70)53-50-47-44-41-38-23-20-17-14-11-8-5-2)68-66(75)60(71)54-51-48-45-42-39-24-21-18-15-12-9-6-3/h9,12,15-16,18-19,21,24-26,39,42,45,48,50,53,58-61,63-65,67,69-71,73-74H,4-8,10-11,13-14,17,20,22-23,27-38,40-41,43-44,46-47,49,51-52,54-57H2,1-3H3,(H,68,75)/b12-9+,18-15+,19-16-,24-21-,26-25-,42-39-,48-45+,53-50+. The number of nitrogens with one attached hydrogen (secondary N) is 1. The average Bonchev–Trinajstić information content (AvgIpc) is 3.45. The van der Waals surface area contributed by atoms with Gasteiger partial charge in [-0.15, -0.1) is 0 Å². The summed E-state index contributed by atoms with van der Waals surface area (Å²) in [5, 5.41) is 56.8. The Labute approximate surface area is 475 Å². The minimum atomic E-state index is -1.63. The van der Waals surface area contributed by atoms with E-state index in [1.165, 1.54) is 148 Å². The second-order valence-electron chi connectivity index (χ2n) is 21.5. The van der Waals surface area contributed by atoms with Crippen molar-refractivity contribution in [3.8, 4) is 0 Å². The summed E-state index contributed by atoms with van der Waals surface area (Å²) in [6, 6.07) is -1.06. The first-order chi connectivity index (χ1) is 38.2. The van der Waals surface area contributed by atoms with Crippen molar-refractivity contribution in [1.82, 2.24) is 5.32 Å². The monoisotopic (exact) mass is 1090 g/mol. The predicted molar refractivity (Wildman–Crippen MR) is 324 cm³/mol. The Balaban J connectivity index is 2.61. The molecular formula is C67H115NO10. The predicted octanol–water partition coefficient (Wildman–Crippen LogP) is 15.1. The molecule has 448 valence electrons. The van der Waals surface area contributed by atoms with E-state index >= 15 is 0 Å². The number of aliphatic hydroxyl groups is 5. The van der Waals surface area contributed by atoms with Crippen LogP contribution in [0.15, 0.2) is 97.2 Å². The van der Waals surface area contributed by atoms with Gasteiger partial charge in [0, 0.05) is 6.42 Å². The highest BCUT2D eigenvalue weighted by Crippen LogP contribution is 2.26. The molecule has 0 bridgehead atoms. The van der Waals surface area contributed by atoms with Crippen LogP contribution < -0.4 is 5.32 Å². The van der Waals surface area contributed by atoms with Crippen LogP contribution in [0.2, 0.25) is 0 Å². The Morgan fingerprint density at radius 2 is 0.974 bits per heavy atom. The van der Waals surface area contributed by atoms with E-state index in [0.717, 1.165) is 57.8 Å². The highest BCUT2D eigenvalue weighted by molar-refractivity contribution is 5.80. The van der Waals surface area contributed by atoms with Crippen molar-refractivity contribution < 1.29 is 49.3 Å². The van der Waals surface area contributed by atoms with Gasteiger partial charge in [-0.05, 0) is 70.6 Å². The molecule has 78 heavy (non-hydrogen) atoms. The maximum absolute atomic E-state index is 13.3. The molecule has 1 aliphatic rings. The number of esters is 1. The van der Waals surface area contributed by atoms with Gasteiger partial charge in [-0.3, -0.25) is 9.59 Å². The van der Waals surface area contributed by atoms with Crippen LogP contribution in [0.25, 0.3) is 0 Å². The molecule has 1 heterocycles. The largest absolute Gasteiger partial charge is 0.454 e. The Kier molecular flexibility index (Phi) is 50.4. The number of rotatable bonds is 52. The first-order valence-corrected chi connectivity index (χ1v) is 31.6. The van der Waals surface area contributed by atoms with E-state index in [4.69, 9.17) is 14.2 Å². The van der Waals surface area contributed by atoms with Crippen LogP contribution in [0, 0.1) is 0 Å². The molecule has 8 atom stereocenters. The Bertz CT molecular complexity index is 1630. The molecule has 1 aliphatic heterocycles. The minimum absolute atomic E-state index is 0.111. The van der Waals surface area contributed by atoms with Gasteiger partial charge in [0.25, 0.3) is 0 Å². The molecule has 6 N–H and O–H groups in total. The van der Waals surface area contributed by atoms with E-state index in [2.05, 4.69) is 56.5 Å². The molecule has 0 aromatic carbocycles. The molecule has 1 rings (SSSR count). The SMILES string of the molecule is CC/C=C/C=C/C=C\C=C/C=C/CCC(O)C(=O)NC(COC1OC(CO)C(O)C(O)C1OC(=O)CCCCCCCCCCCCCCCCC/C=C\C/C=C\CCCCC)C(O)/C=C/CCCCCCCCCCCC. The Hall–Kier alpha value is -3.42. The Morgan fingerprint density at radius 3 is 1.49 bits per heavy atom. The zero-order valence-corrected chi connectivity index (χ0v) is 49.5. The molecule has 1 amide bonds. The van der Waals surface area contributed by atoms with E-state index in [1.54, 1.807) is 6.08 Å². The van der Waals surface area contributed by atoms with Crippen molar-refractivity contribution in [2.24, 2.45) is 0 Å². The van der Waals surface area contributed by atoms with Gasteiger partial charge >= 0.3 is 5.97 Å². The molecule has 0 aliphatic carbocycles. The summed E-state index contributed by atoms with van der Waals surface area (Å²) in [5.41, 5.74) is 0. The molecule has 11 nitrogen and oxygen atoms in total. The number of hydrogen-bond donors (Lipinski definition) is 6. The van der Waals surface area contributed by atoms with Crippen LogP contribution in [0.3, 0.4) is 0 Å². The quantitative estimate of drug-likeness (QED) is 0.0149. The molecule has 1 saturated heterocycles. The fourth-order valence-electron chi connectivity index (χ4n) is 9.36. The molecule has 8 unspecified atom stereocenters. The van der Waals surface area contributed by atoms with Crippen LogP contribution in [0.1, 0.15) is 252 Å². The lowest BCUT2D eigenvalue weighted by molar-refractivity contribution is -0.305. The second-order valence-corrected chi connectivity index (χ2v) is 21.5. The molecular weight excluding hydrogens is 979 g/mol. The lowest BCUT2D eigenvalue weighted by Crippen LogP contribution is -2.61. The highest BCUT2D eigenvalue weighted by Gasteiger charge is 2.47. The van der Waals surface area contributed by atoms with E-state index in [1.807, 2.05) is 60.8 Å². The van der Waals surface area contributed by atoms with Crippen molar-refractivity contribution in [1.29, 1.82) is 0 Å². The zero-order chi connectivity index (χ0) is 56.8. The lowest BCUT2D eigenvalue weighted by atomic mass is 9.99. The van der Waals surface area contributed by atoms with Crippen LogP contribution in [0.4, 0.5) is 0 Å². The fraction of sp³-hybridized carbons (Fsp3) is 0.731. The number of allylic oxidation sites excluding steroid dienone is 15. The van der Waals surface area contributed by atoms with Crippen LogP contribution in [0.5, 0.6) is 0 Å². The van der Waals surface area contributed by atoms with Crippen LogP contribution in [-0.2, 0) is 23.8 Å². The zero-order valence-electron chi connectivity index (χ0n) is 49.5. The molecule has 1 fully saturated rings. The minimum Gasteiger partial charge on any atom is -0.454 e. The molecule has 0 aromatic rings. The summed E-state index contributed by atoms with van der Waals surface area (Å²) >= 11 is 0. The van der Waals surface area contributed by atoms with E-state index in [0.29, 0.717) is 12.8 Å². The smallest absolute Gasteiger partial charge is 0.306 e.